The third kappa shape index (κ3) is 2.50. The molecule has 2 aliphatic heterocycles. The Labute approximate surface area is 141 Å². The van der Waals surface area contributed by atoms with Gasteiger partial charge in [0.2, 0.25) is 5.91 Å². The number of nitrogens with two attached hydrogens (primary N) is 2. The predicted octanol–water partition coefficient (Wildman–Crippen LogP) is 0.598. The van der Waals surface area contributed by atoms with Gasteiger partial charge in [-0.2, -0.15) is 5.10 Å². The first-order valence-electron chi connectivity index (χ1n) is 8.07. The molecule has 5 N–H and O–H groups in total. The standard InChI is InChI=1S/C17H23N5O2/c1-10-15-16(21-20-10)12-8-11(14(9-19)24-2)4-5-13(12)22(17(15)23)7-3-6-18/h4-5,8-10,15,20H,3,6-7,18-19H2,1-2H3/b14-9-. The Kier molecular flexibility index (Phi) is 4.44. The zero-order chi connectivity index (χ0) is 17.3. The molecule has 0 bridgehead atoms. The summed E-state index contributed by atoms with van der Waals surface area (Å²) in [5.41, 5.74) is 17.7. The molecule has 3 rings (SSSR count). The van der Waals surface area contributed by atoms with Gasteiger partial charge in [0.25, 0.3) is 0 Å². The first-order valence-corrected chi connectivity index (χ1v) is 8.07. The molecule has 0 aromatic heterocycles. The van der Waals surface area contributed by atoms with Gasteiger partial charge in [0.05, 0.1) is 24.6 Å². The van der Waals surface area contributed by atoms with Crippen molar-refractivity contribution in [2.75, 3.05) is 25.1 Å². The van der Waals surface area contributed by atoms with Gasteiger partial charge in [0, 0.05) is 23.9 Å². The van der Waals surface area contributed by atoms with E-state index in [1.807, 2.05) is 30.0 Å². The van der Waals surface area contributed by atoms with E-state index in [4.69, 9.17) is 16.2 Å². The molecular formula is C17H23N5O2. The number of nitrogens with zero attached hydrogens (tertiary/aromatic N) is 2. The minimum absolute atomic E-state index is 0.0309. The minimum Gasteiger partial charge on any atom is -0.495 e. The highest BCUT2D eigenvalue weighted by atomic mass is 16.5. The average Bonchev–Trinajstić information content (AvgIpc) is 2.98. The van der Waals surface area contributed by atoms with Gasteiger partial charge in [0.15, 0.2) is 0 Å². The molecule has 2 aliphatic rings. The molecule has 0 fully saturated rings. The molecule has 1 aromatic carbocycles. The second-order valence-electron chi connectivity index (χ2n) is 5.99. The molecule has 2 unspecified atom stereocenters. The van der Waals surface area contributed by atoms with Crippen LogP contribution in [0.3, 0.4) is 0 Å². The Hall–Kier alpha value is -2.54. The average molecular weight is 329 g/mol. The van der Waals surface area contributed by atoms with Crippen LogP contribution < -0.4 is 21.8 Å². The number of benzene rings is 1. The van der Waals surface area contributed by atoms with Crippen molar-refractivity contribution in [1.29, 1.82) is 0 Å². The summed E-state index contributed by atoms with van der Waals surface area (Å²) in [6, 6.07) is 5.77. The number of carbonyl (C=O) groups is 1. The molecular weight excluding hydrogens is 306 g/mol. The molecule has 2 heterocycles. The topological polar surface area (TPSA) is 106 Å². The maximum atomic E-state index is 12.9. The van der Waals surface area contributed by atoms with Gasteiger partial charge < -0.3 is 26.5 Å². The minimum atomic E-state index is -0.279. The van der Waals surface area contributed by atoms with Crippen LogP contribution in [0.2, 0.25) is 0 Å². The van der Waals surface area contributed by atoms with Gasteiger partial charge in [0.1, 0.15) is 11.7 Å². The molecule has 2 atom stereocenters. The highest BCUT2D eigenvalue weighted by Gasteiger charge is 2.43. The largest absolute Gasteiger partial charge is 0.495 e. The van der Waals surface area contributed by atoms with Crippen molar-refractivity contribution in [1.82, 2.24) is 5.43 Å². The van der Waals surface area contributed by atoms with Crippen LogP contribution in [0.25, 0.3) is 5.76 Å². The number of rotatable bonds is 5. The Morgan fingerprint density at radius 3 is 2.96 bits per heavy atom. The van der Waals surface area contributed by atoms with Crippen LogP contribution in [0.1, 0.15) is 24.5 Å². The van der Waals surface area contributed by atoms with Crippen molar-refractivity contribution in [3.05, 3.63) is 35.5 Å². The molecule has 0 aliphatic carbocycles. The number of hydrogen-bond donors (Lipinski definition) is 3. The van der Waals surface area contributed by atoms with Crippen LogP contribution in [0, 0.1) is 5.92 Å². The van der Waals surface area contributed by atoms with E-state index < -0.39 is 0 Å². The lowest BCUT2D eigenvalue weighted by Gasteiger charge is -2.34. The lowest BCUT2D eigenvalue weighted by Crippen LogP contribution is -2.48. The molecule has 0 spiro atoms. The van der Waals surface area contributed by atoms with E-state index in [-0.39, 0.29) is 17.9 Å². The first-order chi connectivity index (χ1) is 11.6. The Morgan fingerprint density at radius 2 is 2.29 bits per heavy atom. The molecule has 1 amide bonds. The normalized spacial score (nSPS) is 22.6. The Balaban J connectivity index is 2.10. The molecule has 0 radical (unpaired) electrons. The van der Waals surface area contributed by atoms with Crippen LogP contribution in [-0.2, 0) is 9.53 Å². The summed E-state index contributed by atoms with van der Waals surface area (Å²) in [6.07, 6.45) is 2.18. The third-order valence-electron chi connectivity index (χ3n) is 4.52. The fraction of sp³-hybridized carbons (Fsp3) is 0.412. The van der Waals surface area contributed by atoms with Crippen molar-refractivity contribution in [3.8, 4) is 0 Å². The van der Waals surface area contributed by atoms with E-state index in [1.54, 1.807) is 7.11 Å². The Morgan fingerprint density at radius 1 is 1.50 bits per heavy atom. The maximum absolute atomic E-state index is 12.9. The van der Waals surface area contributed by atoms with Crippen LogP contribution in [0.5, 0.6) is 0 Å². The summed E-state index contributed by atoms with van der Waals surface area (Å²) in [7, 11) is 1.58. The summed E-state index contributed by atoms with van der Waals surface area (Å²) in [6.45, 7) is 3.11. The maximum Gasteiger partial charge on any atom is 0.238 e. The van der Waals surface area contributed by atoms with E-state index >= 15 is 0 Å². The van der Waals surface area contributed by atoms with E-state index in [1.165, 1.54) is 6.20 Å². The molecule has 7 heteroatoms. The number of hydrogen-bond acceptors (Lipinski definition) is 6. The van der Waals surface area contributed by atoms with Gasteiger partial charge in [-0.25, -0.2) is 0 Å². The predicted molar refractivity (Wildman–Crippen MR) is 94.3 cm³/mol. The molecule has 1 aromatic rings. The lowest BCUT2D eigenvalue weighted by molar-refractivity contribution is -0.121. The number of ether oxygens (including phenoxy) is 1. The molecule has 128 valence electrons. The summed E-state index contributed by atoms with van der Waals surface area (Å²) in [4.78, 5) is 14.7. The van der Waals surface area contributed by atoms with Gasteiger partial charge >= 0.3 is 0 Å². The van der Waals surface area contributed by atoms with E-state index in [9.17, 15) is 4.79 Å². The summed E-state index contributed by atoms with van der Waals surface area (Å²) < 4.78 is 5.31. The highest BCUT2D eigenvalue weighted by Crippen LogP contribution is 2.36. The number of carbonyl (C=O) groups excluding carboxylic acids is 1. The van der Waals surface area contributed by atoms with Crippen molar-refractivity contribution < 1.29 is 9.53 Å². The summed E-state index contributed by atoms with van der Waals surface area (Å²) in [5.74, 6) is 0.374. The van der Waals surface area contributed by atoms with Crippen LogP contribution in [0.15, 0.2) is 29.5 Å². The summed E-state index contributed by atoms with van der Waals surface area (Å²) >= 11 is 0. The van der Waals surface area contributed by atoms with E-state index in [0.717, 1.165) is 28.9 Å². The fourth-order valence-electron chi connectivity index (χ4n) is 3.29. The fourth-order valence-corrected chi connectivity index (χ4v) is 3.29. The third-order valence-corrected chi connectivity index (χ3v) is 4.52. The van der Waals surface area contributed by atoms with Crippen molar-refractivity contribution in [2.24, 2.45) is 22.5 Å². The second-order valence-corrected chi connectivity index (χ2v) is 5.99. The summed E-state index contributed by atoms with van der Waals surface area (Å²) in [5, 5.41) is 4.40. The van der Waals surface area contributed by atoms with E-state index in [2.05, 4.69) is 10.5 Å². The zero-order valence-electron chi connectivity index (χ0n) is 14.0. The number of methoxy groups -OCH3 is 1. The van der Waals surface area contributed by atoms with Gasteiger partial charge in [-0.1, -0.05) is 0 Å². The van der Waals surface area contributed by atoms with Gasteiger partial charge in [-0.05, 0) is 38.1 Å². The van der Waals surface area contributed by atoms with Gasteiger partial charge in [-0.15, -0.1) is 0 Å². The zero-order valence-corrected chi connectivity index (χ0v) is 14.0. The van der Waals surface area contributed by atoms with Crippen LogP contribution in [-0.4, -0.2) is 37.9 Å². The first kappa shape index (κ1) is 16.3. The van der Waals surface area contributed by atoms with Crippen LogP contribution in [0.4, 0.5) is 5.69 Å². The number of fused-ring (bicyclic) bond motifs is 3. The SMILES string of the molecule is CO/C(=C\N)c1ccc2c(c1)C1=NNC(C)C1C(=O)N2CCCN. The number of nitrogens with one attached hydrogen (secondary N) is 1. The number of hydrazone groups is 1. The quantitative estimate of drug-likeness (QED) is 0.686. The molecule has 7 nitrogen and oxygen atoms in total. The number of amides is 1. The highest BCUT2D eigenvalue weighted by molar-refractivity contribution is 6.25. The van der Waals surface area contributed by atoms with Crippen molar-refractivity contribution in [3.63, 3.8) is 0 Å². The van der Waals surface area contributed by atoms with Gasteiger partial charge in [-0.3, -0.25) is 4.79 Å². The Bertz CT molecular complexity index is 713. The molecule has 24 heavy (non-hydrogen) atoms. The van der Waals surface area contributed by atoms with E-state index in [0.29, 0.717) is 18.8 Å². The molecule has 0 saturated carbocycles. The van der Waals surface area contributed by atoms with Crippen molar-refractivity contribution >= 4 is 23.1 Å². The molecule has 0 saturated heterocycles. The monoisotopic (exact) mass is 329 g/mol. The lowest BCUT2D eigenvalue weighted by atomic mass is 9.85. The van der Waals surface area contributed by atoms with Crippen molar-refractivity contribution in [2.45, 2.75) is 19.4 Å². The number of anilines is 1. The van der Waals surface area contributed by atoms with Crippen LogP contribution >= 0.6 is 0 Å². The second kappa shape index (κ2) is 6.52. The smallest absolute Gasteiger partial charge is 0.238 e.